The van der Waals surface area contributed by atoms with Crippen molar-refractivity contribution in [2.45, 2.75) is 107 Å². The van der Waals surface area contributed by atoms with Crippen LogP contribution in [-0.2, 0) is 23.7 Å². The van der Waals surface area contributed by atoms with E-state index in [0.717, 1.165) is 12.8 Å². The molecule has 0 unspecified atom stereocenters. The first-order valence-electron chi connectivity index (χ1n) is 47.0. The van der Waals surface area contributed by atoms with E-state index in [-0.39, 0.29) is 10.8 Å². The zero-order valence-corrected chi connectivity index (χ0v) is 75.6. The summed E-state index contributed by atoms with van der Waals surface area (Å²) >= 11 is 0. The van der Waals surface area contributed by atoms with Crippen LogP contribution in [0.15, 0.2) is 328 Å². The van der Waals surface area contributed by atoms with Crippen molar-refractivity contribution in [1.82, 2.24) is 0 Å². The van der Waals surface area contributed by atoms with E-state index in [4.69, 9.17) is 0 Å². The molecule has 0 bridgehead atoms. The lowest BCUT2D eigenvalue weighted by Gasteiger charge is -2.22. The topological polar surface area (TPSA) is 0 Å². The summed E-state index contributed by atoms with van der Waals surface area (Å²) in [6.45, 7) is 28.2. The number of hydrogen-bond donors (Lipinski definition) is 0. The molecule has 0 N–H and O–H groups in total. The summed E-state index contributed by atoms with van der Waals surface area (Å²) in [7, 11) is 0. The van der Waals surface area contributed by atoms with E-state index in [1.807, 2.05) is 0 Å². The maximum atomic E-state index is 2.59. The third-order valence-corrected chi connectivity index (χ3v) is 31.3. The lowest BCUT2D eigenvalue weighted by molar-refractivity contribution is 0.590. The number of aryl methyl sites for hydroxylation is 6. The molecule has 29 aromatic carbocycles. The van der Waals surface area contributed by atoms with Gasteiger partial charge < -0.3 is 0 Å². The zero-order chi connectivity index (χ0) is 87.2. The Morgan fingerprint density at radius 1 is 0.162 bits per heavy atom. The van der Waals surface area contributed by atoms with Crippen LogP contribution in [0.3, 0.4) is 0 Å². The highest BCUT2D eigenvalue weighted by molar-refractivity contribution is 6.44. The molecule has 0 atom stereocenters. The van der Waals surface area contributed by atoms with Crippen LogP contribution in [-0.4, -0.2) is 0 Å². The van der Waals surface area contributed by atoms with Crippen LogP contribution >= 0.6 is 0 Å². The van der Waals surface area contributed by atoms with E-state index in [9.17, 15) is 0 Å². The van der Waals surface area contributed by atoms with Crippen molar-refractivity contribution in [3.05, 3.63) is 372 Å². The Balaban J connectivity index is 0.000000100. The molecule has 0 heterocycles. The summed E-state index contributed by atoms with van der Waals surface area (Å²) in [6.07, 6.45) is 2.01. The van der Waals surface area contributed by atoms with Crippen LogP contribution in [0.1, 0.15) is 99.9 Å². The molecule has 0 amide bonds. The fourth-order valence-electron chi connectivity index (χ4n) is 25.4. The summed E-state index contributed by atoms with van der Waals surface area (Å²) in [5, 5.41) is 66.3. The van der Waals surface area contributed by atoms with Crippen molar-refractivity contribution in [2.75, 3.05) is 0 Å². The van der Waals surface area contributed by atoms with Gasteiger partial charge in [0.25, 0.3) is 0 Å². The van der Waals surface area contributed by atoms with E-state index in [1.165, 1.54) is 325 Å². The Morgan fingerprint density at radius 2 is 0.454 bits per heavy atom. The molecular formula is C130H94. The molecule has 29 aromatic rings. The first kappa shape index (κ1) is 75.3. The van der Waals surface area contributed by atoms with Gasteiger partial charge in [-0.25, -0.2) is 0 Å². The van der Waals surface area contributed by atoms with Crippen molar-refractivity contribution >= 4 is 259 Å². The van der Waals surface area contributed by atoms with Gasteiger partial charge in [-0.2, -0.15) is 0 Å². The molecule has 0 aliphatic heterocycles. The van der Waals surface area contributed by atoms with Gasteiger partial charge in [-0.15, -0.1) is 0 Å². The Morgan fingerprint density at radius 3 is 0.923 bits per heavy atom. The Labute approximate surface area is 754 Å². The predicted molar refractivity (Wildman–Crippen MR) is 573 cm³/mol. The average Bonchev–Trinajstić information content (AvgIpc) is 1.53. The van der Waals surface area contributed by atoms with E-state index in [1.54, 1.807) is 0 Å². The number of rotatable bonds is 4. The highest BCUT2D eigenvalue weighted by atomic mass is 14.3. The second kappa shape index (κ2) is 26.9. The number of hydrogen-bond acceptors (Lipinski definition) is 0. The van der Waals surface area contributed by atoms with Gasteiger partial charge in [0.2, 0.25) is 0 Å². The summed E-state index contributed by atoms with van der Waals surface area (Å²) in [5.41, 5.74) is 16.6. The molecule has 0 nitrogen and oxygen atoms in total. The molecule has 0 aromatic heterocycles. The first-order chi connectivity index (χ1) is 63.4. The van der Waals surface area contributed by atoms with Crippen LogP contribution in [0.4, 0.5) is 0 Å². The quantitative estimate of drug-likeness (QED) is 0.154. The van der Waals surface area contributed by atoms with Gasteiger partial charge in [0, 0.05) is 0 Å². The standard InChI is InChI=1S/C46H42.2C42H26/c1-9-29-34-23-36-37(39-22-28(46(6,7)8)19-26-18-27(45(3,4)5)21-38(36)41(26)39)24-35(34)30(10-2)44-40-20-25-14-11-12-15-31(25)32-16-13-17-33(42(32)40)43(29)44;1-23-33-20-36-30-17-9-16-29-28-15-8-14-27(25-10-4-3-5-11-25)35(28)22-38(42(29)30)37(36)21-34(33)24(2)40-32-19-7-13-26-12-6-18-31(39(23)40)41(26)32;1-23-34-22-37-32-19-18-28(25-10-4-3-5-11-25)30-14-8-16-31(41(30)32)36(37)21-35(34)24(2)40-38-20-26-12-6-7-13-27(26)29-15-9-17-33(39(23)40)42(29)38/h11-24H,9-10H2,1-8H3;2*3-22H,1-2H3. The van der Waals surface area contributed by atoms with Crippen LogP contribution < -0.4 is 0 Å². The normalized spacial score (nSPS) is 12.8. The summed E-state index contributed by atoms with van der Waals surface area (Å²) in [6, 6.07) is 124. The molecule has 0 saturated heterocycles. The Bertz CT molecular complexity index is 9970. The average molecular weight is 1660 g/mol. The molecule has 0 fully saturated rings. The van der Waals surface area contributed by atoms with Gasteiger partial charge in [-0.3, -0.25) is 0 Å². The summed E-state index contributed by atoms with van der Waals surface area (Å²) in [5.74, 6) is 0. The molecule has 0 saturated carbocycles. The third-order valence-electron chi connectivity index (χ3n) is 31.3. The molecular weight excluding hydrogens is 1560 g/mol. The monoisotopic (exact) mass is 1650 g/mol. The molecule has 0 spiro atoms. The van der Waals surface area contributed by atoms with Crippen molar-refractivity contribution in [3.63, 3.8) is 0 Å². The minimum Gasteiger partial charge on any atom is -0.0622 e. The fraction of sp³-hybridized carbons (Fsp3) is 0.123. The van der Waals surface area contributed by atoms with Gasteiger partial charge in [0.05, 0.1) is 0 Å². The fourth-order valence-corrected chi connectivity index (χ4v) is 25.4. The Kier molecular flexibility index (Phi) is 15.6. The van der Waals surface area contributed by atoms with Gasteiger partial charge in [-0.05, 0) is 443 Å². The zero-order valence-electron chi connectivity index (χ0n) is 75.6. The van der Waals surface area contributed by atoms with Crippen LogP contribution in [0.5, 0.6) is 0 Å². The first-order valence-corrected chi connectivity index (χ1v) is 47.0. The maximum absolute atomic E-state index is 2.59. The second-order valence-corrected chi connectivity index (χ2v) is 40.0. The molecule has 130 heavy (non-hydrogen) atoms. The number of fused-ring (bicyclic) bond motifs is 27. The van der Waals surface area contributed by atoms with E-state index in [0.29, 0.717) is 0 Å². The van der Waals surface area contributed by atoms with Crippen LogP contribution in [0, 0.1) is 27.7 Å². The largest absolute Gasteiger partial charge is 0.0622 e. The van der Waals surface area contributed by atoms with Gasteiger partial charge in [-0.1, -0.05) is 316 Å². The van der Waals surface area contributed by atoms with Crippen molar-refractivity contribution in [3.8, 4) is 22.3 Å². The molecule has 0 radical (unpaired) electrons. The third kappa shape index (κ3) is 10.2. The molecule has 0 heteroatoms. The smallest absolute Gasteiger partial charge is 0.00197 e. The molecule has 0 aliphatic carbocycles. The highest BCUT2D eigenvalue weighted by Gasteiger charge is 2.30. The summed E-state index contributed by atoms with van der Waals surface area (Å²) in [4.78, 5) is 0. The van der Waals surface area contributed by atoms with Gasteiger partial charge in [0.15, 0.2) is 0 Å². The van der Waals surface area contributed by atoms with Crippen molar-refractivity contribution in [1.29, 1.82) is 0 Å². The van der Waals surface area contributed by atoms with Crippen LogP contribution in [0.2, 0.25) is 0 Å². The molecule has 29 rings (SSSR count). The summed E-state index contributed by atoms with van der Waals surface area (Å²) < 4.78 is 0. The number of benzene rings is 23. The Hall–Kier alpha value is -14.8. The lowest BCUT2D eigenvalue weighted by Crippen LogP contribution is -2.12. The minimum absolute atomic E-state index is 0.0696. The predicted octanol–water partition coefficient (Wildman–Crippen LogP) is 37.7. The highest BCUT2D eigenvalue weighted by Crippen LogP contribution is 2.56. The van der Waals surface area contributed by atoms with E-state index in [2.05, 4.69) is 411 Å². The van der Waals surface area contributed by atoms with E-state index < -0.39 is 0 Å². The SMILES string of the molecule is CCc1c2cc3c(cc2c(CC)c2c4cc5ccccc5c5cccc(c12)c54)c1cc(C(C)(C)C)cc2cc(C(C)(C)C)cc3c21.Cc1c2cc3c(cc2c(C)c2c4cc5ccccc5c5cccc(c12)c54)c1cccc2c(-c4ccccc4)ccc3c21.Cc1c2cc3c(cc2c(C)c2c4cccc5cccc(c12)c54)c1cc2c(-c4ccccc4)cccc2c2cccc3c21. The lowest BCUT2D eigenvalue weighted by atomic mass is 9.82. The van der Waals surface area contributed by atoms with E-state index >= 15 is 0 Å². The van der Waals surface area contributed by atoms with Crippen LogP contribution in [0.25, 0.3) is 281 Å². The van der Waals surface area contributed by atoms with Gasteiger partial charge in [0.1, 0.15) is 0 Å². The molecule has 0 aliphatic rings. The van der Waals surface area contributed by atoms with Gasteiger partial charge >= 0.3 is 0 Å². The van der Waals surface area contributed by atoms with Crippen molar-refractivity contribution in [2.24, 2.45) is 0 Å². The maximum Gasteiger partial charge on any atom is -0.00197 e. The van der Waals surface area contributed by atoms with Crippen molar-refractivity contribution < 1.29 is 0 Å². The second-order valence-electron chi connectivity index (χ2n) is 40.0. The molecule has 614 valence electrons. The minimum atomic E-state index is 0.0696.